The van der Waals surface area contributed by atoms with E-state index in [1.54, 1.807) is 0 Å². The molecule has 4 nitrogen and oxygen atoms in total. The maximum absolute atomic E-state index is 8.14. The van der Waals surface area contributed by atoms with E-state index in [0.717, 1.165) is 6.42 Å². The molecule has 2 N–H and O–H groups in total. The van der Waals surface area contributed by atoms with Crippen LogP contribution in [0.2, 0.25) is 0 Å². The molecule has 4 heteroatoms. The van der Waals surface area contributed by atoms with Crippen molar-refractivity contribution in [1.82, 2.24) is 0 Å². The van der Waals surface area contributed by atoms with Crippen molar-refractivity contribution in [1.29, 1.82) is 0 Å². The molecule has 0 aliphatic carbocycles. The lowest BCUT2D eigenvalue weighted by molar-refractivity contribution is -0.264. The molecule has 0 aromatic rings. The van der Waals surface area contributed by atoms with Gasteiger partial charge in [0.1, 0.15) is 0 Å². The van der Waals surface area contributed by atoms with Crippen LogP contribution in [0.5, 0.6) is 0 Å². The maximum Gasteiger partial charge on any atom is 0.159 e. The molecule has 0 bridgehead atoms. The van der Waals surface area contributed by atoms with Crippen molar-refractivity contribution in [3.8, 4) is 12.0 Å². The lowest BCUT2D eigenvalue weighted by atomic mass is 10.2. The second-order valence-electron chi connectivity index (χ2n) is 1.72. The van der Waals surface area contributed by atoms with E-state index in [2.05, 4.69) is 15.7 Å². The zero-order valence-corrected chi connectivity index (χ0v) is 5.70. The summed E-state index contributed by atoms with van der Waals surface area (Å²) in [5.41, 5.74) is 0. The van der Waals surface area contributed by atoms with Crippen LogP contribution in [0.3, 0.4) is 0 Å². The van der Waals surface area contributed by atoms with E-state index < -0.39 is 6.10 Å². The third-order valence-electron chi connectivity index (χ3n) is 0.944. The average molecular weight is 146 g/mol. The van der Waals surface area contributed by atoms with Crippen LogP contribution in [0.25, 0.3) is 0 Å². The minimum Gasteiger partial charge on any atom is -0.285 e. The Hall–Kier alpha value is -0.760. The first-order chi connectivity index (χ1) is 4.85. The zero-order chi connectivity index (χ0) is 7.82. The highest BCUT2D eigenvalue weighted by atomic mass is 17.1. The predicted molar refractivity (Wildman–Crippen MR) is 33.9 cm³/mol. The van der Waals surface area contributed by atoms with Crippen LogP contribution >= 0.6 is 0 Å². The second-order valence-corrected chi connectivity index (χ2v) is 1.72. The fourth-order valence-electron chi connectivity index (χ4n) is 0.505. The summed E-state index contributed by atoms with van der Waals surface area (Å²) >= 11 is 0. The van der Waals surface area contributed by atoms with E-state index in [1.165, 1.54) is 0 Å². The molecule has 0 saturated carbocycles. The molecule has 0 aliphatic heterocycles. The molecule has 0 spiro atoms. The van der Waals surface area contributed by atoms with Gasteiger partial charge in [-0.05, 0) is 12.3 Å². The Kier molecular flexibility index (Phi) is 5.88. The normalized spacial score (nSPS) is 11.5. The Morgan fingerprint density at radius 2 is 2.20 bits per heavy atom. The molecule has 0 aromatic heterocycles. The predicted octanol–water partition coefficient (Wildman–Crippen LogP) is 1.10. The molecular formula is C6H10O4. The van der Waals surface area contributed by atoms with Gasteiger partial charge in [-0.3, -0.25) is 10.1 Å². The minimum atomic E-state index is -0.572. The Morgan fingerprint density at radius 1 is 1.50 bits per heavy atom. The third-order valence-corrected chi connectivity index (χ3v) is 0.944. The van der Waals surface area contributed by atoms with Crippen molar-refractivity contribution in [2.45, 2.75) is 25.9 Å². The van der Waals surface area contributed by atoms with Gasteiger partial charge in [0.2, 0.25) is 0 Å². The average Bonchev–Trinajstić information content (AvgIpc) is 1.98. The number of hydrogen-bond acceptors (Lipinski definition) is 4. The van der Waals surface area contributed by atoms with Crippen molar-refractivity contribution in [2.75, 3.05) is 0 Å². The summed E-state index contributed by atoms with van der Waals surface area (Å²) in [6.07, 6.45) is 2.78. The van der Waals surface area contributed by atoms with E-state index >= 15 is 0 Å². The summed E-state index contributed by atoms with van der Waals surface area (Å²) < 4.78 is 0. The Labute approximate surface area is 59.2 Å². The van der Waals surface area contributed by atoms with Gasteiger partial charge >= 0.3 is 0 Å². The molecule has 0 fully saturated rings. The van der Waals surface area contributed by atoms with Gasteiger partial charge in [0, 0.05) is 0 Å². The highest BCUT2D eigenvalue weighted by Crippen LogP contribution is 1.97. The molecule has 10 heavy (non-hydrogen) atoms. The second kappa shape index (κ2) is 6.36. The molecular weight excluding hydrogens is 136 g/mol. The van der Waals surface area contributed by atoms with E-state index in [4.69, 9.17) is 10.5 Å². The molecule has 0 aromatic carbocycles. The Balaban J connectivity index is 3.59. The first kappa shape index (κ1) is 9.24. The molecule has 1 atom stereocenters. The van der Waals surface area contributed by atoms with Crippen LogP contribution in [0, 0.1) is 12.0 Å². The molecule has 58 valence electrons. The number of hydrogen-bond donors (Lipinski definition) is 2. The topological polar surface area (TPSA) is 58.9 Å². The van der Waals surface area contributed by atoms with E-state index in [1.807, 2.05) is 13.0 Å². The molecule has 0 aliphatic rings. The van der Waals surface area contributed by atoms with E-state index in [-0.39, 0.29) is 0 Å². The summed E-state index contributed by atoms with van der Waals surface area (Å²) in [5.74, 6) is 2.33. The van der Waals surface area contributed by atoms with Gasteiger partial charge in [0.25, 0.3) is 0 Å². The van der Waals surface area contributed by atoms with Crippen LogP contribution in [0.15, 0.2) is 0 Å². The summed E-state index contributed by atoms with van der Waals surface area (Å²) in [6.45, 7) is 1.92. The van der Waals surface area contributed by atoms with Crippen LogP contribution in [0.1, 0.15) is 19.8 Å². The summed E-state index contributed by atoms with van der Waals surface area (Å²) in [7, 11) is 0. The fraction of sp³-hybridized carbons (Fsp3) is 0.667. The monoisotopic (exact) mass is 146 g/mol. The van der Waals surface area contributed by atoms with Gasteiger partial charge in [0.05, 0.1) is 0 Å². The van der Waals surface area contributed by atoms with Crippen molar-refractivity contribution >= 4 is 0 Å². The van der Waals surface area contributed by atoms with Crippen LogP contribution in [-0.4, -0.2) is 16.6 Å². The largest absolute Gasteiger partial charge is 0.285 e. The van der Waals surface area contributed by atoms with E-state index in [0.29, 0.717) is 6.42 Å². The molecule has 0 heterocycles. The molecule has 1 unspecified atom stereocenters. The van der Waals surface area contributed by atoms with Gasteiger partial charge in [-0.15, -0.1) is 0 Å². The standard InChI is InChI=1S/C6H10O4/c1-2-3-6(10-8)4-5-9-7/h6-8H,2-3H2,1H3. The maximum atomic E-state index is 8.14. The van der Waals surface area contributed by atoms with Crippen molar-refractivity contribution < 1.29 is 20.3 Å². The molecule has 0 amide bonds. The Bertz CT molecular complexity index is 123. The quantitative estimate of drug-likeness (QED) is 0.355. The lowest BCUT2D eigenvalue weighted by Crippen LogP contribution is -2.06. The molecule has 0 saturated heterocycles. The zero-order valence-electron chi connectivity index (χ0n) is 5.70. The van der Waals surface area contributed by atoms with Crippen LogP contribution < -0.4 is 0 Å². The van der Waals surface area contributed by atoms with Crippen molar-refractivity contribution in [3.63, 3.8) is 0 Å². The first-order valence-electron chi connectivity index (χ1n) is 2.96. The molecule has 0 radical (unpaired) electrons. The smallest absolute Gasteiger partial charge is 0.159 e. The fourth-order valence-corrected chi connectivity index (χ4v) is 0.505. The highest BCUT2D eigenvalue weighted by Gasteiger charge is 2.01. The van der Waals surface area contributed by atoms with Crippen LogP contribution in [0.4, 0.5) is 0 Å². The lowest BCUT2D eigenvalue weighted by Gasteiger charge is -2.01. The third kappa shape index (κ3) is 4.15. The van der Waals surface area contributed by atoms with Gasteiger partial charge in [-0.25, -0.2) is 4.89 Å². The molecule has 0 rings (SSSR count). The summed E-state index contributed by atoms with van der Waals surface area (Å²) in [6, 6.07) is 0. The van der Waals surface area contributed by atoms with Crippen LogP contribution in [-0.2, 0) is 9.78 Å². The van der Waals surface area contributed by atoms with Gasteiger partial charge in [0.15, 0.2) is 12.2 Å². The van der Waals surface area contributed by atoms with Gasteiger partial charge in [-0.1, -0.05) is 13.3 Å². The van der Waals surface area contributed by atoms with Crippen molar-refractivity contribution in [2.24, 2.45) is 0 Å². The SMILES string of the molecule is CCCC(C#COO)OO. The van der Waals surface area contributed by atoms with Crippen molar-refractivity contribution in [3.05, 3.63) is 0 Å². The highest BCUT2D eigenvalue weighted by molar-refractivity contribution is 4.98. The number of rotatable bonds is 3. The first-order valence-corrected chi connectivity index (χ1v) is 2.96. The van der Waals surface area contributed by atoms with Gasteiger partial charge < -0.3 is 0 Å². The minimum absolute atomic E-state index is 0.572. The van der Waals surface area contributed by atoms with E-state index in [9.17, 15) is 0 Å². The summed E-state index contributed by atoms with van der Waals surface area (Å²) in [5, 5.41) is 15.9. The van der Waals surface area contributed by atoms with Gasteiger partial charge in [-0.2, -0.15) is 5.26 Å². The Morgan fingerprint density at radius 3 is 2.60 bits per heavy atom. The summed E-state index contributed by atoms with van der Waals surface area (Å²) in [4.78, 5) is 7.40.